The van der Waals surface area contributed by atoms with Gasteiger partial charge in [0.1, 0.15) is 18.5 Å². The number of nitrogens with two attached hydrogens (primary N) is 1. The maximum atomic E-state index is 12.7. The van der Waals surface area contributed by atoms with Crippen LogP contribution in [0.2, 0.25) is 0 Å². The molecule has 2 rings (SSSR count). The Labute approximate surface area is 213 Å². The van der Waals surface area contributed by atoms with Crippen LogP contribution >= 0.6 is 0 Å². The number of aliphatic hydroxyl groups is 1. The predicted molar refractivity (Wildman–Crippen MR) is 137 cm³/mol. The van der Waals surface area contributed by atoms with Crippen molar-refractivity contribution >= 4 is 22.1 Å². The quantitative estimate of drug-likeness (QED) is 0.301. The van der Waals surface area contributed by atoms with Gasteiger partial charge in [0.15, 0.2) is 0 Å². The molecule has 0 amide bonds. The van der Waals surface area contributed by atoms with Crippen molar-refractivity contribution in [2.24, 2.45) is 11.1 Å². The Hall–Kier alpha value is -2.79. The Kier molecular flexibility index (Phi) is 11.7. The number of hydrogen-bond acceptors (Lipinski definition) is 9. The summed E-state index contributed by atoms with van der Waals surface area (Å²) in [5.41, 5.74) is 7.83. The molecule has 0 heterocycles. The van der Waals surface area contributed by atoms with E-state index in [1.54, 1.807) is 44.2 Å². The first-order valence-corrected chi connectivity index (χ1v) is 13.2. The van der Waals surface area contributed by atoms with E-state index in [0.717, 1.165) is 11.8 Å². The predicted octanol–water partition coefficient (Wildman–Crippen LogP) is 3.67. The van der Waals surface area contributed by atoms with Crippen LogP contribution in [0, 0.1) is 12.3 Å². The molecule has 0 aliphatic rings. The number of aliphatic hydroxyl groups excluding tert-OH is 1. The average Bonchev–Trinajstić information content (AvgIpc) is 2.76. The summed E-state index contributed by atoms with van der Waals surface area (Å²) in [5, 5.41) is 7.57. The Morgan fingerprint density at radius 3 is 2.19 bits per heavy atom. The van der Waals surface area contributed by atoms with Gasteiger partial charge in [0, 0.05) is 25.1 Å². The topological polar surface area (TPSA) is 142 Å². The number of carbonyl (C=O) groups is 2. The highest BCUT2D eigenvalue weighted by Crippen LogP contribution is 2.35. The van der Waals surface area contributed by atoms with Crippen LogP contribution in [0.4, 0.5) is 0 Å². The zero-order valence-corrected chi connectivity index (χ0v) is 22.7. The lowest BCUT2D eigenvalue weighted by Gasteiger charge is -2.33. The lowest BCUT2D eigenvalue weighted by atomic mass is 9.81. The fourth-order valence-electron chi connectivity index (χ4n) is 3.09. The lowest BCUT2D eigenvalue weighted by molar-refractivity contribution is -0.142. The third-order valence-electron chi connectivity index (χ3n) is 5.02. The van der Waals surface area contributed by atoms with E-state index >= 15 is 0 Å². The summed E-state index contributed by atoms with van der Waals surface area (Å²) < 4.78 is 39.9. The lowest BCUT2D eigenvalue weighted by Crippen LogP contribution is -2.42. The minimum Gasteiger partial charge on any atom is -0.461 e. The van der Waals surface area contributed by atoms with E-state index in [1.165, 1.54) is 13.0 Å². The molecule has 9 nitrogen and oxygen atoms in total. The minimum atomic E-state index is -3.84. The summed E-state index contributed by atoms with van der Waals surface area (Å²) in [4.78, 5) is 24.1. The van der Waals surface area contributed by atoms with Crippen molar-refractivity contribution in [3.63, 3.8) is 0 Å². The SMILES string of the molecule is CC(=O)OCc1cc(C(OS(C)(=O)=O)C(N)C(C)(C)C)ccc1OC(=O)c1ccccc1C.CCO. The summed E-state index contributed by atoms with van der Waals surface area (Å²) >= 11 is 0. The number of rotatable bonds is 8. The first kappa shape index (κ1) is 31.2. The minimum absolute atomic E-state index is 0.177. The second-order valence-electron chi connectivity index (χ2n) is 9.28. The van der Waals surface area contributed by atoms with Gasteiger partial charge in [-0.05, 0) is 48.6 Å². The normalized spacial score (nSPS) is 13.1. The smallest absolute Gasteiger partial charge is 0.343 e. The van der Waals surface area contributed by atoms with E-state index in [9.17, 15) is 18.0 Å². The van der Waals surface area contributed by atoms with E-state index < -0.39 is 39.6 Å². The fraction of sp³-hybridized carbons (Fsp3) is 0.462. The van der Waals surface area contributed by atoms with Gasteiger partial charge >= 0.3 is 11.9 Å². The molecule has 0 spiro atoms. The molecule has 0 aliphatic carbocycles. The number of ether oxygens (including phenoxy) is 2. The molecular formula is C26H37NO8S. The summed E-state index contributed by atoms with van der Waals surface area (Å²) in [5.74, 6) is -0.914. The summed E-state index contributed by atoms with van der Waals surface area (Å²) in [6, 6.07) is 11.0. The van der Waals surface area contributed by atoms with E-state index in [-0.39, 0.29) is 19.0 Å². The van der Waals surface area contributed by atoms with Crippen LogP contribution in [0.3, 0.4) is 0 Å². The fourth-order valence-corrected chi connectivity index (χ4v) is 3.70. The Bertz CT molecular complexity index is 1140. The highest BCUT2D eigenvalue weighted by molar-refractivity contribution is 7.86. The van der Waals surface area contributed by atoms with Gasteiger partial charge in [0.05, 0.1) is 11.8 Å². The van der Waals surface area contributed by atoms with Crippen molar-refractivity contribution in [3.05, 3.63) is 64.7 Å². The molecule has 10 heteroatoms. The molecule has 0 aliphatic heterocycles. The maximum Gasteiger partial charge on any atom is 0.343 e. The molecule has 200 valence electrons. The Morgan fingerprint density at radius 1 is 1.11 bits per heavy atom. The second kappa shape index (κ2) is 13.5. The third kappa shape index (κ3) is 10.1. The second-order valence-corrected chi connectivity index (χ2v) is 10.9. The van der Waals surface area contributed by atoms with Gasteiger partial charge in [0.25, 0.3) is 10.1 Å². The number of aryl methyl sites for hydroxylation is 1. The van der Waals surface area contributed by atoms with Crippen molar-refractivity contribution < 1.29 is 36.8 Å². The van der Waals surface area contributed by atoms with Crippen LogP contribution in [-0.4, -0.2) is 44.4 Å². The molecule has 0 fully saturated rings. The van der Waals surface area contributed by atoms with Gasteiger partial charge in [-0.1, -0.05) is 45.0 Å². The molecule has 2 unspecified atom stereocenters. The molecule has 0 saturated heterocycles. The van der Waals surface area contributed by atoms with Crippen LogP contribution in [0.1, 0.15) is 67.8 Å². The number of carbonyl (C=O) groups excluding carboxylic acids is 2. The third-order valence-corrected chi connectivity index (χ3v) is 5.57. The summed E-state index contributed by atoms with van der Waals surface area (Å²) in [7, 11) is -3.84. The molecule has 2 atom stereocenters. The van der Waals surface area contributed by atoms with Gasteiger partial charge < -0.3 is 20.3 Å². The van der Waals surface area contributed by atoms with Crippen molar-refractivity contribution in [2.75, 3.05) is 12.9 Å². The molecule has 2 aromatic rings. The summed E-state index contributed by atoms with van der Waals surface area (Å²) in [6.45, 7) is 10.4. The number of hydrogen-bond donors (Lipinski definition) is 2. The zero-order valence-electron chi connectivity index (χ0n) is 21.9. The van der Waals surface area contributed by atoms with Gasteiger partial charge in [-0.15, -0.1) is 0 Å². The first-order chi connectivity index (χ1) is 16.6. The number of benzene rings is 2. The van der Waals surface area contributed by atoms with Gasteiger partial charge in [-0.25, -0.2) is 4.79 Å². The van der Waals surface area contributed by atoms with Gasteiger partial charge in [0.2, 0.25) is 0 Å². The monoisotopic (exact) mass is 523 g/mol. The van der Waals surface area contributed by atoms with Crippen molar-refractivity contribution in [2.45, 2.75) is 60.3 Å². The molecule has 0 bridgehead atoms. The van der Waals surface area contributed by atoms with E-state index in [1.807, 2.05) is 26.8 Å². The van der Waals surface area contributed by atoms with Crippen LogP contribution in [0.25, 0.3) is 0 Å². The van der Waals surface area contributed by atoms with Gasteiger partial charge in [-0.2, -0.15) is 8.42 Å². The summed E-state index contributed by atoms with van der Waals surface area (Å²) in [6.07, 6.45) is -0.0507. The molecular weight excluding hydrogens is 486 g/mol. The van der Waals surface area contributed by atoms with E-state index in [4.69, 9.17) is 24.5 Å². The highest BCUT2D eigenvalue weighted by atomic mass is 32.2. The molecule has 0 aromatic heterocycles. The van der Waals surface area contributed by atoms with E-state index in [0.29, 0.717) is 16.7 Å². The average molecular weight is 524 g/mol. The maximum absolute atomic E-state index is 12.7. The number of esters is 2. The van der Waals surface area contributed by atoms with Crippen LogP contribution in [0.15, 0.2) is 42.5 Å². The molecule has 3 N–H and O–H groups in total. The van der Waals surface area contributed by atoms with Crippen LogP contribution in [-0.2, 0) is 30.4 Å². The zero-order chi connectivity index (χ0) is 27.7. The van der Waals surface area contributed by atoms with E-state index in [2.05, 4.69) is 0 Å². The Morgan fingerprint density at radius 2 is 1.69 bits per heavy atom. The van der Waals surface area contributed by atoms with Crippen LogP contribution in [0.5, 0.6) is 5.75 Å². The van der Waals surface area contributed by atoms with Crippen molar-refractivity contribution in [1.29, 1.82) is 0 Å². The highest BCUT2D eigenvalue weighted by Gasteiger charge is 2.34. The largest absolute Gasteiger partial charge is 0.461 e. The molecule has 0 radical (unpaired) electrons. The van der Waals surface area contributed by atoms with Gasteiger partial charge in [-0.3, -0.25) is 8.98 Å². The van der Waals surface area contributed by atoms with Crippen LogP contribution < -0.4 is 10.5 Å². The standard InChI is InChI=1S/C24H31NO7S.C2H6O/c1-15-9-7-8-10-19(15)23(27)31-20-12-11-17(13-18(20)14-30-16(2)26)21(32-33(6,28)29)22(25)24(3,4)5;1-2-3/h7-13,21-22H,14,25H2,1-6H3;3H,2H2,1H3. The van der Waals surface area contributed by atoms with Crippen molar-refractivity contribution in [3.8, 4) is 5.75 Å². The molecule has 36 heavy (non-hydrogen) atoms. The first-order valence-electron chi connectivity index (χ1n) is 11.4. The Balaban J connectivity index is 0.00000205. The van der Waals surface area contributed by atoms with Crippen molar-refractivity contribution in [1.82, 2.24) is 0 Å². The molecule has 0 saturated carbocycles. The molecule has 2 aromatic carbocycles.